The Morgan fingerprint density at radius 3 is 2.15 bits per heavy atom. The summed E-state index contributed by atoms with van der Waals surface area (Å²) in [5.74, 6) is 0.245. The van der Waals surface area contributed by atoms with Gasteiger partial charge in [-0.3, -0.25) is 4.79 Å². The van der Waals surface area contributed by atoms with E-state index in [0.29, 0.717) is 11.4 Å². The molecule has 0 spiro atoms. The van der Waals surface area contributed by atoms with Gasteiger partial charge in [0.2, 0.25) is 10.0 Å². The van der Waals surface area contributed by atoms with Crippen molar-refractivity contribution >= 4 is 37.5 Å². The van der Waals surface area contributed by atoms with E-state index in [0.717, 1.165) is 4.47 Å². The molecule has 0 aliphatic rings. The molecular formula is C18H21BrN2O4S. The van der Waals surface area contributed by atoms with Gasteiger partial charge >= 0.3 is 0 Å². The summed E-state index contributed by atoms with van der Waals surface area (Å²) in [6, 6.07) is 13.1. The molecule has 0 aromatic heterocycles. The van der Waals surface area contributed by atoms with Gasteiger partial charge in [-0.1, -0.05) is 15.9 Å². The van der Waals surface area contributed by atoms with Crippen molar-refractivity contribution in [3.05, 3.63) is 53.0 Å². The van der Waals surface area contributed by atoms with Gasteiger partial charge in [0.1, 0.15) is 5.75 Å². The first kappa shape index (κ1) is 20.4. The number of hydrogen-bond donors (Lipinski definition) is 2. The zero-order valence-corrected chi connectivity index (χ0v) is 17.1. The second-order valence-corrected chi connectivity index (χ2v) is 9.27. The zero-order valence-electron chi connectivity index (χ0n) is 14.7. The van der Waals surface area contributed by atoms with Gasteiger partial charge in [-0.15, -0.1) is 0 Å². The standard InChI is InChI=1S/C18H21BrN2O4S/c1-18(2,3)21-26(23,24)16-10-6-14(7-11-16)20-17(22)12-25-15-8-4-13(19)5-9-15/h4-11,21H,12H2,1-3H3,(H,20,22). The van der Waals surface area contributed by atoms with Gasteiger partial charge in [-0.2, -0.15) is 0 Å². The van der Waals surface area contributed by atoms with Crippen LogP contribution in [0, 0.1) is 0 Å². The molecule has 0 atom stereocenters. The highest BCUT2D eigenvalue weighted by molar-refractivity contribution is 9.10. The Kier molecular flexibility index (Phi) is 6.44. The maximum atomic E-state index is 12.2. The molecule has 0 saturated carbocycles. The van der Waals surface area contributed by atoms with E-state index in [9.17, 15) is 13.2 Å². The minimum absolute atomic E-state index is 0.136. The van der Waals surface area contributed by atoms with Crippen LogP contribution in [0.2, 0.25) is 0 Å². The lowest BCUT2D eigenvalue weighted by Gasteiger charge is -2.20. The molecule has 0 heterocycles. The van der Waals surface area contributed by atoms with E-state index in [1.54, 1.807) is 32.9 Å². The molecule has 140 valence electrons. The summed E-state index contributed by atoms with van der Waals surface area (Å²) in [5, 5.41) is 2.66. The third-order valence-corrected chi connectivity index (χ3v) is 5.38. The summed E-state index contributed by atoms with van der Waals surface area (Å²) in [6.45, 7) is 5.16. The second-order valence-electron chi connectivity index (χ2n) is 6.67. The molecule has 2 N–H and O–H groups in total. The van der Waals surface area contributed by atoms with Gasteiger partial charge in [0.05, 0.1) is 4.90 Å². The summed E-state index contributed by atoms with van der Waals surface area (Å²) >= 11 is 3.32. The molecule has 2 aromatic carbocycles. The smallest absolute Gasteiger partial charge is 0.262 e. The minimum atomic E-state index is -3.60. The Morgan fingerprint density at radius 2 is 1.62 bits per heavy atom. The molecule has 26 heavy (non-hydrogen) atoms. The van der Waals surface area contributed by atoms with Crippen molar-refractivity contribution in [2.45, 2.75) is 31.2 Å². The van der Waals surface area contributed by atoms with E-state index in [4.69, 9.17) is 4.74 Å². The first-order chi connectivity index (χ1) is 12.0. The number of nitrogens with one attached hydrogen (secondary N) is 2. The number of halogens is 1. The number of amides is 1. The molecule has 8 heteroatoms. The predicted octanol–water partition coefficient (Wildman–Crippen LogP) is 3.54. The van der Waals surface area contributed by atoms with Gasteiger partial charge in [0.15, 0.2) is 6.61 Å². The number of anilines is 1. The van der Waals surface area contributed by atoms with Crippen molar-refractivity contribution in [1.82, 2.24) is 4.72 Å². The summed E-state index contributed by atoms with van der Waals surface area (Å²) < 4.78 is 33.4. The molecule has 2 aromatic rings. The maximum Gasteiger partial charge on any atom is 0.262 e. The van der Waals surface area contributed by atoms with Crippen LogP contribution in [0.15, 0.2) is 57.9 Å². The van der Waals surface area contributed by atoms with E-state index in [1.807, 2.05) is 12.1 Å². The number of carbonyl (C=O) groups excluding carboxylic acids is 1. The summed E-state index contributed by atoms with van der Waals surface area (Å²) in [6.07, 6.45) is 0. The Balaban J connectivity index is 1.94. The summed E-state index contributed by atoms with van der Waals surface area (Å²) in [5.41, 5.74) is -0.0834. The van der Waals surface area contributed by atoms with Gasteiger partial charge in [0, 0.05) is 15.7 Å². The summed E-state index contributed by atoms with van der Waals surface area (Å²) in [7, 11) is -3.60. The minimum Gasteiger partial charge on any atom is -0.484 e. The van der Waals surface area contributed by atoms with Gasteiger partial charge < -0.3 is 10.1 Å². The third-order valence-electron chi connectivity index (χ3n) is 3.07. The van der Waals surface area contributed by atoms with Gasteiger partial charge in [-0.25, -0.2) is 13.1 Å². The molecular weight excluding hydrogens is 420 g/mol. The molecule has 0 aliphatic heterocycles. The fraction of sp³-hybridized carbons (Fsp3) is 0.278. The molecule has 0 bridgehead atoms. The lowest BCUT2D eigenvalue weighted by Crippen LogP contribution is -2.40. The topological polar surface area (TPSA) is 84.5 Å². The fourth-order valence-corrected chi connectivity index (χ4v) is 3.74. The Labute approximate surface area is 162 Å². The zero-order chi connectivity index (χ0) is 19.4. The van der Waals surface area contributed by atoms with E-state index in [2.05, 4.69) is 26.0 Å². The molecule has 0 fully saturated rings. The summed E-state index contributed by atoms with van der Waals surface area (Å²) in [4.78, 5) is 12.1. The van der Waals surface area contributed by atoms with Crippen molar-refractivity contribution in [1.29, 1.82) is 0 Å². The normalized spacial score (nSPS) is 11.8. The van der Waals surface area contributed by atoms with Crippen molar-refractivity contribution in [3.63, 3.8) is 0 Å². The fourth-order valence-electron chi connectivity index (χ4n) is 2.06. The highest BCUT2D eigenvalue weighted by Crippen LogP contribution is 2.17. The highest BCUT2D eigenvalue weighted by Gasteiger charge is 2.21. The van der Waals surface area contributed by atoms with Crippen LogP contribution in [-0.4, -0.2) is 26.5 Å². The molecule has 0 unspecified atom stereocenters. The van der Waals surface area contributed by atoms with Crippen molar-refractivity contribution in [2.24, 2.45) is 0 Å². The number of rotatable bonds is 6. The van der Waals surface area contributed by atoms with Crippen LogP contribution in [0.5, 0.6) is 5.75 Å². The van der Waals surface area contributed by atoms with Crippen LogP contribution in [-0.2, 0) is 14.8 Å². The molecule has 2 rings (SSSR count). The predicted molar refractivity (Wildman–Crippen MR) is 105 cm³/mol. The van der Waals surface area contributed by atoms with E-state index in [-0.39, 0.29) is 17.4 Å². The van der Waals surface area contributed by atoms with Crippen molar-refractivity contribution in [2.75, 3.05) is 11.9 Å². The first-order valence-electron chi connectivity index (χ1n) is 7.87. The lowest BCUT2D eigenvalue weighted by atomic mass is 10.1. The number of benzene rings is 2. The van der Waals surface area contributed by atoms with Crippen molar-refractivity contribution in [3.8, 4) is 5.75 Å². The van der Waals surface area contributed by atoms with Gasteiger partial charge in [0.25, 0.3) is 5.91 Å². The molecule has 0 saturated heterocycles. The first-order valence-corrected chi connectivity index (χ1v) is 10.1. The van der Waals surface area contributed by atoms with Crippen LogP contribution in [0.4, 0.5) is 5.69 Å². The van der Waals surface area contributed by atoms with E-state index < -0.39 is 15.6 Å². The van der Waals surface area contributed by atoms with Crippen LogP contribution in [0.1, 0.15) is 20.8 Å². The van der Waals surface area contributed by atoms with E-state index in [1.165, 1.54) is 24.3 Å². The van der Waals surface area contributed by atoms with Crippen molar-refractivity contribution < 1.29 is 17.9 Å². The number of ether oxygens (including phenoxy) is 1. The SMILES string of the molecule is CC(C)(C)NS(=O)(=O)c1ccc(NC(=O)COc2ccc(Br)cc2)cc1. The average molecular weight is 441 g/mol. The van der Waals surface area contributed by atoms with Gasteiger partial charge in [-0.05, 0) is 69.3 Å². The molecule has 1 amide bonds. The van der Waals surface area contributed by atoms with Crippen LogP contribution < -0.4 is 14.8 Å². The number of sulfonamides is 1. The highest BCUT2D eigenvalue weighted by atomic mass is 79.9. The monoisotopic (exact) mass is 440 g/mol. The van der Waals surface area contributed by atoms with Crippen LogP contribution in [0.3, 0.4) is 0 Å². The van der Waals surface area contributed by atoms with Crippen LogP contribution in [0.25, 0.3) is 0 Å². The average Bonchev–Trinajstić information content (AvgIpc) is 2.52. The van der Waals surface area contributed by atoms with E-state index >= 15 is 0 Å². The second kappa shape index (κ2) is 8.20. The lowest BCUT2D eigenvalue weighted by molar-refractivity contribution is -0.118. The van der Waals surface area contributed by atoms with Crippen LogP contribution >= 0.6 is 15.9 Å². The Morgan fingerprint density at radius 1 is 1.04 bits per heavy atom. The maximum absolute atomic E-state index is 12.2. The number of hydrogen-bond acceptors (Lipinski definition) is 4. The third kappa shape index (κ3) is 6.44. The number of carbonyl (C=O) groups is 1. The molecule has 0 radical (unpaired) electrons. The Hall–Kier alpha value is -1.90. The largest absolute Gasteiger partial charge is 0.484 e. The Bertz CT molecular complexity index is 858. The molecule has 0 aliphatic carbocycles. The molecule has 6 nitrogen and oxygen atoms in total. The quantitative estimate of drug-likeness (QED) is 0.718.